The Balaban J connectivity index is 1.50. The lowest BCUT2D eigenvalue weighted by molar-refractivity contribution is 0.146. The van der Waals surface area contributed by atoms with Crippen LogP contribution < -0.4 is 0 Å². The van der Waals surface area contributed by atoms with Crippen LogP contribution in [0.4, 0.5) is 0 Å². The molecule has 2 aromatic rings. The van der Waals surface area contributed by atoms with Gasteiger partial charge in [-0.1, -0.05) is 0 Å². The molecule has 1 fully saturated rings. The van der Waals surface area contributed by atoms with Crippen LogP contribution in [0.25, 0.3) is 0 Å². The van der Waals surface area contributed by atoms with E-state index in [1.807, 2.05) is 4.68 Å². The average Bonchev–Trinajstić information content (AvgIpc) is 2.93. The first-order valence-corrected chi connectivity index (χ1v) is 10.8. The van der Waals surface area contributed by atoms with Gasteiger partial charge in [-0.2, -0.15) is 9.40 Å². The van der Waals surface area contributed by atoms with Gasteiger partial charge in [-0.25, -0.2) is 8.42 Å². The molecule has 0 amide bonds. The van der Waals surface area contributed by atoms with E-state index in [9.17, 15) is 8.42 Å². The lowest BCUT2D eigenvalue weighted by atomic mass is 10.3. The molecule has 2 aliphatic rings. The normalized spacial score (nSPS) is 20.3. The molecule has 2 aliphatic heterocycles. The Bertz CT molecular complexity index is 875. The van der Waals surface area contributed by atoms with E-state index in [2.05, 4.69) is 27.9 Å². The predicted molar refractivity (Wildman–Crippen MR) is 101 cm³/mol. The summed E-state index contributed by atoms with van der Waals surface area (Å²) in [4.78, 5) is 8.94. The number of hydrogen-bond donors (Lipinski definition) is 0. The second-order valence-electron chi connectivity index (χ2n) is 7.31. The van der Waals surface area contributed by atoms with E-state index < -0.39 is 10.0 Å². The van der Waals surface area contributed by atoms with Gasteiger partial charge in [0.1, 0.15) is 4.90 Å². The zero-order valence-electron chi connectivity index (χ0n) is 15.7. The van der Waals surface area contributed by atoms with Crippen LogP contribution in [0.15, 0.2) is 35.5 Å². The maximum atomic E-state index is 12.9. The predicted octanol–water partition coefficient (Wildman–Crippen LogP) is 0.620. The number of nitrogens with zero attached hydrogens (tertiary/aromatic N) is 6. The Morgan fingerprint density at radius 2 is 1.93 bits per heavy atom. The molecule has 0 unspecified atom stereocenters. The maximum Gasteiger partial charge on any atom is 0.244 e. The zero-order chi connectivity index (χ0) is 18.9. The number of pyridine rings is 1. The molecular weight excluding hydrogens is 364 g/mol. The number of likely N-dealkylation sites (N-methyl/N-ethyl adjacent to an activating group) is 1. The number of piperazine rings is 1. The van der Waals surface area contributed by atoms with Gasteiger partial charge in [-0.3, -0.25) is 14.6 Å². The summed E-state index contributed by atoms with van der Waals surface area (Å²) in [6, 6.07) is 5.32. The van der Waals surface area contributed by atoms with Crippen molar-refractivity contribution >= 4 is 10.0 Å². The minimum atomic E-state index is -3.54. The monoisotopic (exact) mass is 390 g/mol. The van der Waals surface area contributed by atoms with Crippen molar-refractivity contribution in [1.29, 1.82) is 0 Å². The van der Waals surface area contributed by atoms with E-state index in [1.165, 1.54) is 6.20 Å². The first-order chi connectivity index (χ1) is 13.0. The SMILES string of the molecule is CN1CCN(Cc2cc3n(n2)CCCN(S(=O)(=O)c2cccnc2)C3)CC1. The van der Waals surface area contributed by atoms with Gasteiger partial charge in [0.15, 0.2) is 0 Å². The highest BCUT2D eigenvalue weighted by molar-refractivity contribution is 7.89. The number of rotatable bonds is 4. The molecular formula is C18H26N6O2S. The van der Waals surface area contributed by atoms with Gasteiger partial charge in [-0.05, 0) is 31.7 Å². The van der Waals surface area contributed by atoms with Crippen molar-refractivity contribution in [1.82, 2.24) is 28.9 Å². The maximum absolute atomic E-state index is 12.9. The third-order valence-electron chi connectivity index (χ3n) is 5.28. The summed E-state index contributed by atoms with van der Waals surface area (Å²) >= 11 is 0. The summed E-state index contributed by atoms with van der Waals surface area (Å²) < 4.78 is 29.4. The van der Waals surface area contributed by atoms with Gasteiger partial charge < -0.3 is 4.90 Å². The highest BCUT2D eigenvalue weighted by Gasteiger charge is 2.28. The molecule has 0 radical (unpaired) electrons. The molecule has 27 heavy (non-hydrogen) atoms. The summed E-state index contributed by atoms with van der Waals surface area (Å²) in [6.45, 7) is 6.65. The van der Waals surface area contributed by atoms with Crippen molar-refractivity contribution in [3.05, 3.63) is 42.0 Å². The van der Waals surface area contributed by atoms with Crippen molar-refractivity contribution in [3.63, 3.8) is 0 Å². The number of hydrogen-bond acceptors (Lipinski definition) is 6. The Morgan fingerprint density at radius 1 is 1.11 bits per heavy atom. The van der Waals surface area contributed by atoms with Gasteiger partial charge in [0.2, 0.25) is 10.0 Å². The average molecular weight is 391 g/mol. The lowest BCUT2D eigenvalue weighted by Crippen LogP contribution is -2.43. The highest BCUT2D eigenvalue weighted by atomic mass is 32.2. The molecule has 4 heterocycles. The molecule has 2 aromatic heterocycles. The van der Waals surface area contributed by atoms with Crippen LogP contribution in [0.2, 0.25) is 0 Å². The largest absolute Gasteiger partial charge is 0.304 e. The third kappa shape index (κ3) is 4.06. The minimum Gasteiger partial charge on any atom is -0.304 e. The summed E-state index contributed by atoms with van der Waals surface area (Å²) in [5.74, 6) is 0. The number of aromatic nitrogens is 3. The van der Waals surface area contributed by atoms with Crippen LogP contribution in [0.1, 0.15) is 17.8 Å². The number of fused-ring (bicyclic) bond motifs is 1. The van der Waals surface area contributed by atoms with E-state index in [1.54, 1.807) is 22.6 Å². The second-order valence-corrected chi connectivity index (χ2v) is 9.25. The zero-order valence-corrected chi connectivity index (χ0v) is 16.5. The molecule has 0 spiro atoms. The standard InChI is InChI=1S/C18H26N6O2S/c1-21-8-10-22(11-9-21)14-16-12-17-15-23(6-3-7-24(17)20-16)27(25,26)18-4-2-5-19-13-18/h2,4-5,12-13H,3,6-11,14-15H2,1H3. The van der Waals surface area contributed by atoms with Crippen molar-refractivity contribution in [2.75, 3.05) is 39.8 Å². The van der Waals surface area contributed by atoms with Gasteiger partial charge in [0.05, 0.1) is 17.9 Å². The molecule has 0 saturated carbocycles. The highest BCUT2D eigenvalue weighted by Crippen LogP contribution is 2.22. The molecule has 8 nitrogen and oxygen atoms in total. The smallest absolute Gasteiger partial charge is 0.244 e. The van der Waals surface area contributed by atoms with Crippen molar-refractivity contribution in [2.45, 2.75) is 31.0 Å². The van der Waals surface area contributed by atoms with Crippen molar-refractivity contribution < 1.29 is 8.42 Å². The first kappa shape index (κ1) is 18.5. The van der Waals surface area contributed by atoms with Crippen LogP contribution in [0, 0.1) is 0 Å². The van der Waals surface area contributed by atoms with Gasteiger partial charge in [0, 0.05) is 58.2 Å². The first-order valence-electron chi connectivity index (χ1n) is 9.39. The fraction of sp³-hybridized carbons (Fsp3) is 0.556. The summed E-state index contributed by atoms with van der Waals surface area (Å²) in [6.07, 6.45) is 3.75. The van der Waals surface area contributed by atoms with E-state index in [0.29, 0.717) is 13.1 Å². The van der Waals surface area contributed by atoms with Crippen LogP contribution in [0.5, 0.6) is 0 Å². The molecule has 9 heteroatoms. The Hall–Kier alpha value is -1.81. The van der Waals surface area contributed by atoms with Gasteiger partial charge >= 0.3 is 0 Å². The molecule has 0 aromatic carbocycles. The summed E-state index contributed by atoms with van der Waals surface area (Å²) in [7, 11) is -1.39. The number of sulfonamides is 1. The molecule has 0 N–H and O–H groups in total. The Morgan fingerprint density at radius 3 is 2.67 bits per heavy atom. The lowest BCUT2D eigenvalue weighted by Gasteiger charge is -2.31. The number of aryl methyl sites for hydroxylation is 1. The van der Waals surface area contributed by atoms with Gasteiger partial charge in [-0.15, -0.1) is 0 Å². The summed E-state index contributed by atoms with van der Waals surface area (Å²) in [5, 5.41) is 4.74. The van der Waals surface area contributed by atoms with Crippen molar-refractivity contribution in [3.8, 4) is 0 Å². The van der Waals surface area contributed by atoms with E-state index in [-0.39, 0.29) is 4.90 Å². The Kier molecular flexibility index (Phi) is 5.27. The molecule has 0 bridgehead atoms. The molecule has 146 valence electrons. The van der Waals surface area contributed by atoms with Gasteiger partial charge in [0.25, 0.3) is 0 Å². The topological polar surface area (TPSA) is 74.6 Å². The van der Waals surface area contributed by atoms with Crippen LogP contribution in [-0.4, -0.2) is 77.1 Å². The van der Waals surface area contributed by atoms with E-state index in [0.717, 1.165) is 57.1 Å². The third-order valence-corrected chi connectivity index (χ3v) is 7.11. The summed E-state index contributed by atoms with van der Waals surface area (Å²) in [5.41, 5.74) is 1.99. The fourth-order valence-corrected chi connectivity index (χ4v) is 5.07. The van der Waals surface area contributed by atoms with E-state index in [4.69, 9.17) is 5.10 Å². The van der Waals surface area contributed by atoms with Crippen LogP contribution in [-0.2, 0) is 29.7 Å². The fourth-order valence-electron chi connectivity index (χ4n) is 3.66. The van der Waals surface area contributed by atoms with Crippen LogP contribution in [0.3, 0.4) is 0 Å². The molecule has 0 atom stereocenters. The quantitative estimate of drug-likeness (QED) is 0.762. The molecule has 4 rings (SSSR count). The van der Waals surface area contributed by atoms with Crippen LogP contribution >= 0.6 is 0 Å². The van der Waals surface area contributed by atoms with Crippen molar-refractivity contribution in [2.24, 2.45) is 0 Å². The minimum absolute atomic E-state index is 0.246. The molecule has 0 aliphatic carbocycles. The molecule has 1 saturated heterocycles. The Labute approximate surface area is 160 Å². The second kappa shape index (κ2) is 7.67. The van der Waals surface area contributed by atoms with E-state index >= 15 is 0 Å².